The van der Waals surface area contributed by atoms with Crippen molar-refractivity contribution in [3.63, 3.8) is 0 Å². The summed E-state index contributed by atoms with van der Waals surface area (Å²) in [6.07, 6.45) is 1.85. The summed E-state index contributed by atoms with van der Waals surface area (Å²) in [5.74, 6) is -0.122. The zero-order valence-corrected chi connectivity index (χ0v) is 22.6. The summed E-state index contributed by atoms with van der Waals surface area (Å²) < 4.78 is 15.1. The number of carbonyl (C=O) groups is 1. The number of aryl methyl sites for hydroxylation is 2. The van der Waals surface area contributed by atoms with Crippen LogP contribution in [0.25, 0.3) is 27.6 Å². The van der Waals surface area contributed by atoms with E-state index in [0.717, 1.165) is 22.2 Å². The first-order chi connectivity index (χ1) is 19.7. The largest absolute Gasteiger partial charge is 0.481 e. The molecule has 1 aliphatic heterocycles. The third-order valence-corrected chi connectivity index (χ3v) is 7.48. The van der Waals surface area contributed by atoms with Gasteiger partial charge in [-0.2, -0.15) is 0 Å². The lowest BCUT2D eigenvalue weighted by atomic mass is 9.95. The average molecular weight is 554 g/mol. The van der Waals surface area contributed by atoms with E-state index in [2.05, 4.69) is 10.1 Å². The number of halogens is 1. The minimum Gasteiger partial charge on any atom is -0.481 e. The molecule has 208 valence electrons. The second-order valence-corrected chi connectivity index (χ2v) is 10.6. The van der Waals surface area contributed by atoms with Gasteiger partial charge in [0.25, 0.3) is 5.56 Å². The number of carboxylic acids is 1. The number of oxime groups is 1. The van der Waals surface area contributed by atoms with E-state index in [1.165, 1.54) is 28.8 Å². The summed E-state index contributed by atoms with van der Waals surface area (Å²) in [5.41, 5.74) is 4.29. The molecule has 6 rings (SSSR count). The number of fused-ring (bicyclic) bond motifs is 2. The van der Waals surface area contributed by atoms with E-state index >= 15 is 0 Å². The van der Waals surface area contributed by atoms with E-state index in [1.54, 1.807) is 6.07 Å². The van der Waals surface area contributed by atoms with Gasteiger partial charge < -0.3 is 14.9 Å². The Hall–Kier alpha value is -4.86. The molecule has 0 unspecified atom stereocenters. The number of nitrogens with zero attached hydrogens (tertiary/aromatic N) is 4. The van der Waals surface area contributed by atoms with Gasteiger partial charge in [-0.3, -0.25) is 14.2 Å². The summed E-state index contributed by atoms with van der Waals surface area (Å²) >= 11 is 0. The van der Waals surface area contributed by atoms with E-state index in [4.69, 9.17) is 19.9 Å². The van der Waals surface area contributed by atoms with Crippen LogP contribution in [-0.4, -0.2) is 36.3 Å². The lowest BCUT2D eigenvalue weighted by molar-refractivity contribution is -0.137. The number of imidazole rings is 1. The Labute approximate surface area is 234 Å². The molecule has 3 aromatic carbocycles. The molecule has 9 nitrogen and oxygen atoms in total. The van der Waals surface area contributed by atoms with Gasteiger partial charge in [0.15, 0.2) is 11.4 Å². The Balaban J connectivity index is 1.34. The van der Waals surface area contributed by atoms with Crippen LogP contribution in [0.4, 0.5) is 4.39 Å². The fraction of sp³-hybridized carbons (Fsp3) is 0.258. The Bertz CT molecular complexity index is 1890. The number of benzene rings is 3. The number of nitrogens with one attached hydrogen (secondary N) is 1. The van der Waals surface area contributed by atoms with Crippen LogP contribution in [-0.2, 0) is 21.7 Å². The van der Waals surface area contributed by atoms with E-state index in [0.29, 0.717) is 59.6 Å². The highest BCUT2D eigenvalue weighted by atomic mass is 19.1. The van der Waals surface area contributed by atoms with Crippen molar-refractivity contribution in [2.45, 2.75) is 51.6 Å². The van der Waals surface area contributed by atoms with Crippen LogP contribution in [0.15, 0.2) is 70.6 Å². The van der Waals surface area contributed by atoms with E-state index in [1.807, 2.05) is 44.2 Å². The second-order valence-electron chi connectivity index (χ2n) is 10.6. The predicted octanol–water partition coefficient (Wildman–Crippen LogP) is 5.55. The molecule has 41 heavy (non-hydrogen) atoms. The SMILES string of the molecule is Cc1cccc2[nH]c([C@]3(C)CC(c4ccc5c(=O)n(-c6ccc(F)cc6)c(CCCCC(=O)O)nc5c4)=NO3)nc12. The van der Waals surface area contributed by atoms with Gasteiger partial charge in [0, 0.05) is 24.8 Å². The second kappa shape index (κ2) is 10.3. The molecular formula is C31H28FN5O4. The minimum atomic E-state index is -0.874. The number of H-pyrrole nitrogens is 1. The van der Waals surface area contributed by atoms with Gasteiger partial charge in [-0.25, -0.2) is 14.4 Å². The van der Waals surface area contributed by atoms with Crippen molar-refractivity contribution < 1.29 is 19.1 Å². The number of hydrogen-bond acceptors (Lipinski definition) is 6. The third kappa shape index (κ3) is 4.97. The predicted molar refractivity (Wildman–Crippen MR) is 153 cm³/mol. The fourth-order valence-electron chi connectivity index (χ4n) is 5.24. The highest BCUT2D eigenvalue weighted by Gasteiger charge is 2.39. The maximum atomic E-state index is 13.7. The lowest BCUT2D eigenvalue weighted by Gasteiger charge is -2.18. The van der Waals surface area contributed by atoms with Crippen LogP contribution in [0.2, 0.25) is 0 Å². The maximum absolute atomic E-state index is 13.7. The van der Waals surface area contributed by atoms with Crippen LogP contribution in [0, 0.1) is 12.7 Å². The Morgan fingerprint density at radius 2 is 1.93 bits per heavy atom. The molecule has 5 aromatic rings. The number of carboxylic acid groups (broad SMARTS) is 1. The van der Waals surface area contributed by atoms with Crippen LogP contribution in [0.3, 0.4) is 0 Å². The molecule has 0 spiro atoms. The molecule has 2 aromatic heterocycles. The van der Waals surface area contributed by atoms with Crippen molar-refractivity contribution in [1.29, 1.82) is 0 Å². The van der Waals surface area contributed by atoms with Crippen LogP contribution in [0.5, 0.6) is 0 Å². The van der Waals surface area contributed by atoms with Crippen molar-refractivity contribution in [2.75, 3.05) is 0 Å². The zero-order valence-electron chi connectivity index (χ0n) is 22.6. The molecule has 0 aliphatic carbocycles. The summed E-state index contributed by atoms with van der Waals surface area (Å²) in [6.45, 7) is 3.95. The van der Waals surface area contributed by atoms with Crippen LogP contribution >= 0.6 is 0 Å². The molecule has 2 N–H and O–H groups in total. The van der Waals surface area contributed by atoms with Gasteiger partial charge in [0.1, 0.15) is 11.6 Å². The van der Waals surface area contributed by atoms with E-state index in [-0.39, 0.29) is 12.0 Å². The Morgan fingerprint density at radius 3 is 2.68 bits per heavy atom. The highest BCUT2D eigenvalue weighted by molar-refractivity contribution is 6.04. The van der Waals surface area contributed by atoms with Crippen molar-refractivity contribution in [2.24, 2.45) is 5.16 Å². The number of rotatable bonds is 8. The molecule has 0 saturated heterocycles. The van der Waals surface area contributed by atoms with E-state index in [9.17, 15) is 14.0 Å². The molecule has 0 radical (unpaired) electrons. The van der Waals surface area contributed by atoms with Crippen LogP contribution < -0.4 is 5.56 Å². The summed E-state index contributed by atoms with van der Waals surface area (Å²) in [6, 6.07) is 17.0. The van der Waals surface area contributed by atoms with Gasteiger partial charge >= 0.3 is 5.97 Å². The minimum absolute atomic E-state index is 0.0297. The number of hydrogen-bond donors (Lipinski definition) is 2. The van der Waals surface area contributed by atoms with Gasteiger partial charge in [-0.1, -0.05) is 23.4 Å². The van der Waals surface area contributed by atoms with Crippen molar-refractivity contribution >= 4 is 33.6 Å². The van der Waals surface area contributed by atoms with Gasteiger partial charge in [-0.05, 0) is 74.7 Å². The number of aromatic amines is 1. The maximum Gasteiger partial charge on any atom is 0.303 e. The first-order valence-electron chi connectivity index (χ1n) is 13.5. The Morgan fingerprint density at radius 1 is 1.12 bits per heavy atom. The molecule has 0 bridgehead atoms. The number of para-hydroxylation sites is 1. The van der Waals surface area contributed by atoms with Gasteiger partial charge in [-0.15, -0.1) is 0 Å². The van der Waals surface area contributed by atoms with Gasteiger partial charge in [0.05, 0.1) is 33.3 Å². The molecule has 0 saturated carbocycles. The summed E-state index contributed by atoms with van der Waals surface area (Å²) in [4.78, 5) is 43.6. The van der Waals surface area contributed by atoms with Crippen molar-refractivity contribution in [3.05, 3.63) is 99.6 Å². The fourth-order valence-corrected chi connectivity index (χ4v) is 5.24. The number of unbranched alkanes of at least 4 members (excludes halogenated alkanes) is 1. The molecule has 1 atom stereocenters. The van der Waals surface area contributed by atoms with Crippen molar-refractivity contribution in [1.82, 2.24) is 19.5 Å². The molecule has 3 heterocycles. The lowest BCUT2D eigenvalue weighted by Crippen LogP contribution is -2.25. The van der Waals surface area contributed by atoms with E-state index < -0.39 is 17.4 Å². The zero-order chi connectivity index (χ0) is 28.7. The molecule has 1 aliphatic rings. The molecule has 0 amide bonds. The summed E-state index contributed by atoms with van der Waals surface area (Å²) in [7, 11) is 0. The summed E-state index contributed by atoms with van der Waals surface area (Å²) in [5, 5.41) is 13.8. The molecular weight excluding hydrogens is 525 g/mol. The quantitative estimate of drug-likeness (QED) is 0.243. The normalized spacial score (nSPS) is 16.7. The smallest absolute Gasteiger partial charge is 0.303 e. The van der Waals surface area contributed by atoms with Crippen molar-refractivity contribution in [3.8, 4) is 5.69 Å². The first-order valence-corrected chi connectivity index (χ1v) is 13.5. The monoisotopic (exact) mass is 553 g/mol. The highest BCUT2D eigenvalue weighted by Crippen LogP contribution is 2.36. The average Bonchev–Trinajstić information content (AvgIpc) is 3.58. The number of aromatic nitrogens is 4. The standard InChI is InChI=1S/C31H28FN5O4/c1-18-6-5-7-23-28(18)35-30(34-23)31(2)17-25(36-41-31)19-10-15-22-24(16-19)33-26(8-3-4-9-27(38)39)37(29(22)40)21-13-11-20(32)12-14-21/h5-7,10-16H,3-4,8-9,17H2,1-2H3,(H,34,35)(H,38,39)/t31-/m0/s1. The first kappa shape index (κ1) is 26.4. The topological polar surface area (TPSA) is 122 Å². The van der Waals surface area contributed by atoms with Crippen LogP contribution in [0.1, 0.15) is 55.4 Å². The van der Waals surface area contributed by atoms with Gasteiger partial charge in [0.2, 0.25) is 0 Å². The third-order valence-electron chi connectivity index (χ3n) is 7.48. The molecule has 10 heteroatoms. The number of aliphatic carboxylic acids is 1. The Kier molecular flexibility index (Phi) is 6.61. The molecule has 0 fully saturated rings.